The first kappa shape index (κ1) is 17.5. The lowest BCUT2D eigenvalue weighted by atomic mass is 10.1. The molecule has 5 heteroatoms. The second-order valence-electron chi connectivity index (χ2n) is 7.51. The molecule has 28 heavy (non-hydrogen) atoms. The van der Waals surface area contributed by atoms with Crippen LogP contribution >= 0.6 is 0 Å². The highest BCUT2D eigenvalue weighted by Gasteiger charge is 2.18. The molecule has 3 heterocycles. The number of nitrogens with zero attached hydrogens (tertiary/aromatic N) is 2. The van der Waals surface area contributed by atoms with Crippen molar-refractivity contribution in [3.8, 4) is 5.75 Å². The van der Waals surface area contributed by atoms with E-state index in [4.69, 9.17) is 14.1 Å². The lowest BCUT2D eigenvalue weighted by Crippen LogP contribution is -2.36. The molecule has 2 aromatic carbocycles. The number of fused-ring (bicyclic) bond motifs is 4. The maximum Gasteiger partial charge on any atom is 0.196 e. The van der Waals surface area contributed by atoms with Gasteiger partial charge in [-0.1, -0.05) is 24.3 Å². The highest BCUT2D eigenvalue weighted by molar-refractivity contribution is 6.09. The minimum atomic E-state index is -0.128. The van der Waals surface area contributed by atoms with Crippen molar-refractivity contribution < 1.29 is 14.3 Å². The Labute approximate surface area is 163 Å². The molecule has 0 radical (unpaired) electrons. The van der Waals surface area contributed by atoms with Gasteiger partial charge in [0.1, 0.15) is 11.1 Å². The van der Waals surface area contributed by atoms with E-state index in [9.17, 15) is 5.11 Å². The highest BCUT2D eigenvalue weighted by Crippen LogP contribution is 2.38. The standard InChI is InChI=1S/C23H24N2O3/c26-16-10-13-25(14-11-16)12-5-15-27-22-17-6-1-3-8-19(17)24-21-18-7-2-4-9-20(18)28-23(21)22/h1-4,6-9,16,26H,5,10-15H2. The van der Waals surface area contributed by atoms with Crippen LogP contribution in [0, 0.1) is 0 Å². The number of aliphatic hydroxyl groups is 1. The fourth-order valence-electron chi connectivity index (χ4n) is 4.05. The van der Waals surface area contributed by atoms with Crippen LogP contribution in [-0.4, -0.2) is 47.3 Å². The van der Waals surface area contributed by atoms with Gasteiger partial charge in [-0.3, -0.25) is 0 Å². The topological polar surface area (TPSA) is 58.7 Å². The molecule has 0 saturated carbocycles. The van der Waals surface area contributed by atoms with Gasteiger partial charge < -0.3 is 19.2 Å². The number of ether oxygens (including phenoxy) is 1. The zero-order valence-corrected chi connectivity index (χ0v) is 15.8. The lowest BCUT2D eigenvalue weighted by Gasteiger charge is -2.29. The average molecular weight is 376 g/mol. The van der Waals surface area contributed by atoms with Crippen LogP contribution in [0.1, 0.15) is 19.3 Å². The molecule has 5 nitrogen and oxygen atoms in total. The van der Waals surface area contributed by atoms with Crippen molar-refractivity contribution in [3.63, 3.8) is 0 Å². The minimum absolute atomic E-state index is 0.128. The summed E-state index contributed by atoms with van der Waals surface area (Å²) in [7, 11) is 0. The quantitative estimate of drug-likeness (QED) is 0.525. The zero-order valence-electron chi connectivity index (χ0n) is 15.8. The van der Waals surface area contributed by atoms with Crippen molar-refractivity contribution >= 4 is 33.0 Å². The van der Waals surface area contributed by atoms with Gasteiger partial charge in [-0.2, -0.15) is 0 Å². The normalized spacial score (nSPS) is 16.3. The number of rotatable bonds is 5. The van der Waals surface area contributed by atoms with Crippen LogP contribution in [0.3, 0.4) is 0 Å². The third-order valence-corrected chi connectivity index (χ3v) is 5.58. The summed E-state index contributed by atoms with van der Waals surface area (Å²) in [5.74, 6) is 0.783. The summed E-state index contributed by atoms with van der Waals surface area (Å²) in [5, 5.41) is 11.6. The summed E-state index contributed by atoms with van der Waals surface area (Å²) in [5.41, 5.74) is 3.33. The number of piperidine rings is 1. The number of pyridine rings is 1. The van der Waals surface area contributed by atoms with Gasteiger partial charge in [0, 0.05) is 30.4 Å². The Kier molecular flexibility index (Phi) is 4.63. The Hall–Kier alpha value is -2.63. The van der Waals surface area contributed by atoms with Gasteiger partial charge in [-0.05, 0) is 43.5 Å². The predicted octanol–water partition coefficient (Wildman–Crippen LogP) is 4.36. The summed E-state index contributed by atoms with van der Waals surface area (Å²) in [6.07, 6.45) is 2.55. The zero-order chi connectivity index (χ0) is 18.9. The van der Waals surface area contributed by atoms with Gasteiger partial charge in [0.2, 0.25) is 0 Å². The molecular formula is C23H24N2O3. The SMILES string of the molecule is OC1CCN(CCCOc2c3ccccc3nc3c2oc2ccccc23)CC1. The molecule has 0 amide bonds. The van der Waals surface area contributed by atoms with E-state index in [-0.39, 0.29) is 6.10 Å². The van der Waals surface area contributed by atoms with Gasteiger partial charge in [0.15, 0.2) is 11.3 Å². The maximum atomic E-state index is 9.64. The molecule has 0 unspecified atom stereocenters. The molecule has 1 saturated heterocycles. The average Bonchev–Trinajstić information content (AvgIpc) is 3.10. The van der Waals surface area contributed by atoms with Crippen LogP contribution in [0.2, 0.25) is 0 Å². The van der Waals surface area contributed by atoms with Crippen LogP contribution < -0.4 is 4.74 Å². The van der Waals surface area contributed by atoms with Gasteiger partial charge in [-0.15, -0.1) is 0 Å². The van der Waals surface area contributed by atoms with Crippen LogP contribution in [-0.2, 0) is 0 Å². The van der Waals surface area contributed by atoms with Gasteiger partial charge >= 0.3 is 0 Å². The third-order valence-electron chi connectivity index (χ3n) is 5.58. The van der Waals surface area contributed by atoms with E-state index in [0.29, 0.717) is 6.61 Å². The molecule has 1 fully saturated rings. The Morgan fingerprint density at radius 3 is 2.64 bits per heavy atom. The molecular weight excluding hydrogens is 352 g/mol. The van der Waals surface area contributed by atoms with E-state index in [0.717, 1.165) is 77.6 Å². The second-order valence-corrected chi connectivity index (χ2v) is 7.51. The number of aromatic nitrogens is 1. The largest absolute Gasteiger partial charge is 0.489 e. The fourth-order valence-corrected chi connectivity index (χ4v) is 4.05. The maximum absolute atomic E-state index is 9.64. The van der Waals surface area contributed by atoms with E-state index >= 15 is 0 Å². The summed E-state index contributed by atoms with van der Waals surface area (Å²) in [6.45, 7) is 3.54. The molecule has 5 rings (SSSR count). The van der Waals surface area contributed by atoms with Crippen LogP contribution in [0.5, 0.6) is 5.75 Å². The molecule has 4 aromatic rings. The van der Waals surface area contributed by atoms with Crippen molar-refractivity contribution in [1.29, 1.82) is 0 Å². The molecule has 144 valence electrons. The number of benzene rings is 2. The summed E-state index contributed by atoms with van der Waals surface area (Å²) < 4.78 is 12.4. The number of furan rings is 1. The number of hydrogen-bond donors (Lipinski definition) is 1. The van der Waals surface area contributed by atoms with Gasteiger partial charge in [0.05, 0.1) is 18.2 Å². The summed E-state index contributed by atoms with van der Waals surface area (Å²) >= 11 is 0. The number of aliphatic hydroxyl groups excluding tert-OH is 1. The first-order chi connectivity index (χ1) is 13.8. The van der Waals surface area contributed by atoms with Gasteiger partial charge in [0.25, 0.3) is 0 Å². The Morgan fingerprint density at radius 1 is 1.04 bits per heavy atom. The van der Waals surface area contributed by atoms with Crippen molar-refractivity contribution in [1.82, 2.24) is 9.88 Å². The smallest absolute Gasteiger partial charge is 0.196 e. The fraction of sp³-hybridized carbons (Fsp3) is 0.348. The summed E-state index contributed by atoms with van der Waals surface area (Å²) in [4.78, 5) is 7.23. The van der Waals surface area contributed by atoms with Crippen molar-refractivity contribution in [2.45, 2.75) is 25.4 Å². The van der Waals surface area contributed by atoms with E-state index in [1.807, 2.05) is 48.5 Å². The van der Waals surface area contributed by atoms with Crippen molar-refractivity contribution in [2.24, 2.45) is 0 Å². The molecule has 1 aliphatic rings. The monoisotopic (exact) mass is 376 g/mol. The van der Waals surface area contributed by atoms with Crippen LogP contribution in [0.15, 0.2) is 52.9 Å². The Balaban J connectivity index is 1.42. The summed E-state index contributed by atoms with van der Waals surface area (Å²) in [6, 6.07) is 16.0. The number of hydrogen-bond acceptors (Lipinski definition) is 5. The molecule has 0 aliphatic carbocycles. The van der Waals surface area contributed by atoms with Crippen LogP contribution in [0.4, 0.5) is 0 Å². The lowest BCUT2D eigenvalue weighted by molar-refractivity contribution is 0.0800. The van der Waals surface area contributed by atoms with Crippen LogP contribution in [0.25, 0.3) is 33.0 Å². The van der Waals surface area contributed by atoms with E-state index in [1.54, 1.807) is 0 Å². The molecule has 0 spiro atoms. The third kappa shape index (κ3) is 3.21. The highest BCUT2D eigenvalue weighted by atomic mass is 16.5. The van der Waals surface area contributed by atoms with Crippen molar-refractivity contribution in [2.75, 3.05) is 26.2 Å². The number of likely N-dealkylation sites (tertiary alicyclic amines) is 1. The number of para-hydroxylation sites is 2. The van der Waals surface area contributed by atoms with E-state index in [1.165, 1.54) is 0 Å². The van der Waals surface area contributed by atoms with E-state index in [2.05, 4.69) is 4.90 Å². The van der Waals surface area contributed by atoms with Crippen molar-refractivity contribution in [3.05, 3.63) is 48.5 Å². The molecule has 0 bridgehead atoms. The Bertz CT molecular complexity index is 1110. The predicted molar refractivity (Wildman–Crippen MR) is 111 cm³/mol. The molecule has 0 atom stereocenters. The second kappa shape index (κ2) is 7.41. The molecule has 2 aromatic heterocycles. The minimum Gasteiger partial charge on any atom is -0.489 e. The van der Waals surface area contributed by atoms with Gasteiger partial charge in [-0.25, -0.2) is 4.98 Å². The molecule has 1 aliphatic heterocycles. The van der Waals surface area contributed by atoms with E-state index < -0.39 is 0 Å². The first-order valence-corrected chi connectivity index (χ1v) is 10.0. The first-order valence-electron chi connectivity index (χ1n) is 10.0. The molecule has 1 N–H and O–H groups in total. The Morgan fingerprint density at radius 2 is 1.79 bits per heavy atom.